The molecule has 1 N–H and O–H groups in total. The smallest absolute Gasteiger partial charge is 0.338 e. The molecular formula is C31H30N2O6. The van der Waals surface area contributed by atoms with Crippen LogP contribution >= 0.6 is 0 Å². The highest BCUT2D eigenvalue weighted by Gasteiger charge is 2.50. The summed E-state index contributed by atoms with van der Waals surface area (Å²) in [4.78, 5) is 52.4. The van der Waals surface area contributed by atoms with Crippen LogP contribution in [0, 0.1) is 11.8 Å². The summed E-state index contributed by atoms with van der Waals surface area (Å²) in [6, 6.07) is 23.1. The molecule has 5 rings (SSSR count). The topological polar surface area (TPSA) is 102 Å². The fourth-order valence-electron chi connectivity index (χ4n) is 5.42. The normalized spacial score (nSPS) is 20.3. The molecule has 0 spiro atoms. The minimum Gasteiger partial charge on any atom is -0.494 e. The summed E-state index contributed by atoms with van der Waals surface area (Å²) >= 11 is 0. The second kappa shape index (κ2) is 11.5. The average Bonchev–Trinajstić information content (AvgIpc) is 3.22. The Hall–Kier alpha value is -4.46. The standard InChI is InChI=1S/C31H30N2O6/c1-2-38-25-15-11-23(12-16-25)32-28(34)19-39-31(37)21-8-13-24(14-9-21)33-29(35)26-17-10-22(18-27(26)30(33)36)20-6-4-3-5-7-20/h3-9,11-16,22,26-27H,2,10,17-19H2,1H3,(H,32,34)/t22-,26+,27+/m0/s1. The third-order valence-electron chi connectivity index (χ3n) is 7.34. The number of benzene rings is 3. The molecule has 2 aliphatic rings. The third-order valence-corrected chi connectivity index (χ3v) is 7.34. The fourth-order valence-corrected chi connectivity index (χ4v) is 5.42. The van der Waals surface area contributed by atoms with Crippen LogP contribution in [0.2, 0.25) is 0 Å². The van der Waals surface area contributed by atoms with Crippen molar-refractivity contribution < 1.29 is 28.7 Å². The molecule has 3 atom stereocenters. The van der Waals surface area contributed by atoms with Crippen molar-refractivity contribution >= 4 is 35.1 Å². The molecule has 1 saturated carbocycles. The minimum atomic E-state index is -0.679. The van der Waals surface area contributed by atoms with Gasteiger partial charge in [-0.3, -0.25) is 19.3 Å². The quantitative estimate of drug-likeness (QED) is 0.329. The van der Waals surface area contributed by atoms with E-state index in [-0.39, 0.29) is 35.1 Å². The molecular weight excluding hydrogens is 496 g/mol. The molecule has 0 bridgehead atoms. The second-order valence-corrected chi connectivity index (χ2v) is 9.77. The summed E-state index contributed by atoms with van der Waals surface area (Å²) in [5.74, 6) is -1.22. The zero-order valence-electron chi connectivity index (χ0n) is 21.7. The monoisotopic (exact) mass is 526 g/mol. The van der Waals surface area contributed by atoms with Crippen LogP contribution in [0.25, 0.3) is 0 Å². The first-order valence-corrected chi connectivity index (χ1v) is 13.2. The Morgan fingerprint density at radius 1 is 0.872 bits per heavy atom. The Kier molecular flexibility index (Phi) is 7.72. The van der Waals surface area contributed by atoms with Crippen molar-refractivity contribution in [2.45, 2.75) is 32.1 Å². The van der Waals surface area contributed by atoms with Gasteiger partial charge in [0.05, 0.1) is 29.7 Å². The molecule has 1 aliphatic heterocycles. The summed E-state index contributed by atoms with van der Waals surface area (Å²) < 4.78 is 10.5. The van der Waals surface area contributed by atoms with Crippen molar-refractivity contribution in [1.29, 1.82) is 0 Å². The van der Waals surface area contributed by atoms with Crippen LogP contribution in [0.3, 0.4) is 0 Å². The Labute approximate surface area is 226 Å². The van der Waals surface area contributed by atoms with Crippen LogP contribution < -0.4 is 15.0 Å². The number of carbonyl (C=O) groups is 4. The van der Waals surface area contributed by atoms with E-state index in [0.29, 0.717) is 36.6 Å². The van der Waals surface area contributed by atoms with E-state index in [4.69, 9.17) is 9.47 Å². The van der Waals surface area contributed by atoms with E-state index in [1.807, 2.05) is 25.1 Å². The number of nitrogens with zero attached hydrogens (tertiary/aromatic N) is 1. The Bertz CT molecular complexity index is 1350. The Morgan fingerprint density at radius 2 is 1.56 bits per heavy atom. The van der Waals surface area contributed by atoms with Gasteiger partial charge in [0.2, 0.25) is 11.8 Å². The first-order valence-electron chi connectivity index (χ1n) is 13.2. The van der Waals surface area contributed by atoms with Crippen molar-refractivity contribution in [2.24, 2.45) is 11.8 Å². The van der Waals surface area contributed by atoms with Crippen LogP contribution in [0.1, 0.15) is 48.0 Å². The van der Waals surface area contributed by atoms with Crippen LogP contribution in [0.4, 0.5) is 11.4 Å². The zero-order valence-corrected chi connectivity index (χ0v) is 21.7. The molecule has 1 aliphatic carbocycles. The van der Waals surface area contributed by atoms with Gasteiger partial charge in [0.25, 0.3) is 5.91 Å². The number of nitrogens with one attached hydrogen (secondary N) is 1. The number of imide groups is 1. The number of hydrogen-bond donors (Lipinski definition) is 1. The maximum atomic E-state index is 13.3. The van der Waals surface area contributed by atoms with Gasteiger partial charge in [-0.2, -0.15) is 0 Å². The number of fused-ring (bicyclic) bond motifs is 1. The van der Waals surface area contributed by atoms with Gasteiger partial charge in [0.15, 0.2) is 6.61 Å². The van der Waals surface area contributed by atoms with Gasteiger partial charge in [-0.05, 0) is 86.2 Å². The molecule has 3 aromatic carbocycles. The molecule has 39 heavy (non-hydrogen) atoms. The van der Waals surface area contributed by atoms with E-state index in [9.17, 15) is 19.2 Å². The number of hydrogen-bond acceptors (Lipinski definition) is 6. The molecule has 8 nitrogen and oxygen atoms in total. The van der Waals surface area contributed by atoms with Gasteiger partial charge in [0, 0.05) is 5.69 Å². The fraction of sp³-hybridized carbons (Fsp3) is 0.290. The molecule has 0 unspecified atom stereocenters. The van der Waals surface area contributed by atoms with Crippen molar-refractivity contribution in [3.63, 3.8) is 0 Å². The van der Waals surface area contributed by atoms with Crippen molar-refractivity contribution in [1.82, 2.24) is 0 Å². The SMILES string of the molecule is CCOc1ccc(NC(=O)COC(=O)c2ccc(N3C(=O)[C@@H]4CC[C@H](c5ccccc5)C[C@H]4C3=O)cc2)cc1. The predicted molar refractivity (Wildman–Crippen MR) is 145 cm³/mol. The maximum absolute atomic E-state index is 13.3. The van der Waals surface area contributed by atoms with Crippen molar-refractivity contribution in [2.75, 3.05) is 23.4 Å². The van der Waals surface area contributed by atoms with E-state index in [2.05, 4.69) is 17.4 Å². The summed E-state index contributed by atoms with van der Waals surface area (Å²) in [6.07, 6.45) is 2.20. The summed E-state index contributed by atoms with van der Waals surface area (Å²) in [7, 11) is 0. The summed E-state index contributed by atoms with van der Waals surface area (Å²) in [5.41, 5.74) is 2.40. The van der Waals surface area contributed by atoms with Gasteiger partial charge in [0.1, 0.15) is 5.75 Å². The number of ether oxygens (including phenoxy) is 2. The molecule has 1 saturated heterocycles. The third kappa shape index (κ3) is 5.70. The maximum Gasteiger partial charge on any atom is 0.338 e. The molecule has 2 fully saturated rings. The molecule has 0 aromatic heterocycles. The average molecular weight is 527 g/mol. The Balaban J connectivity index is 1.17. The van der Waals surface area contributed by atoms with Crippen LogP contribution in [0.15, 0.2) is 78.9 Å². The minimum absolute atomic E-state index is 0.183. The highest BCUT2D eigenvalue weighted by molar-refractivity contribution is 6.22. The number of esters is 1. The lowest BCUT2D eigenvalue weighted by molar-refractivity contribution is -0.122. The molecule has 3 amide bonds. The predicted octanol–water partition coefficient (Wildman–Crippen LogP) is 4.95. The van der Waals surface area contributed by atoms with Crippen LogP contribution in [-0.4, -0.2) is 36.9 Å². The lowest BCUT2D eigenvalue weighted by Crippen LogP contribution is -2.30. The van der Waals surface area contributed by atoms with E-state index < -0.39 is 18.5 Å². The van der Waals surface area contributed by atoms with Crippen molar-refractivity contribution in [3.05, 3.63) is 90.0 Å². The second-order valence-electron chi connectivity index (χ2n) is 9.77. The van der Waals surface area contributed by atoms with E-state index >= 15 is 0 Å². The number of rotatable bonds is 8. The first-order chi connectivity index (χ1) is 18.9. The van der Waals surface area contributed by atoms with Crippen molar-refractivity contribution in [3.8, 4) is 5.75 Å². The van der Waals surface area contributed by atoms with Gasteiger partial charge in [-0.1, -0.05) is 30.3 Å². The molecule has 200 valence electrons. The van der Waals surface area contributed by atoms with Crippen LogP contribution in [-0.2, 0) is 19.1 Å². The van der Waals surface area contributed by atoms with Crippen LogP contribution in [0.5, 0.6) is 5.75 Å². The lowest BCUT2D eigenvalue weighted by Gasteiger charge is -2.28. The molecule has 8 heteroatoms. The van der Waals surface area contributed by atoms with E-state index in [1.165, 1.54) is 22.6 Å². The molecule has 1 heterocycles. The summed E-state index contributed by atoms with van der Waals surface area (Å²) in [5, 5.41) is 2.66. The van der Waals surface area contributed by atoms with E-state index in [0.717, 1.165) is 6.42 Å². The molecule has 0 radical (unpaired) electrons. The first kappa shape index (κ1) is 26.2. The highest BCUT2D eigenvalue weighted by Crippen LogP contribution is 2.45. The number of amides is 3. The van der Waals surface area contributed by atoms with E-state index in [1.54, 1.807) is 36.4 Å². The lowest BCUT2D eigenvalue weighted by atomic mass is 9.73. The van der Waals surface area contributed by atoms with Gasteiger partial charge >= 0.3 is 5.97 Å². The zero-order chi connectivity index (χ0) is 27.4. The van der Waals surface area contributed by atoms with Gasteiger partial charge in [-0.25, -0.2) is 4.79 Å². The van der Waals surface area contributed by atoms with Gasteiger partial charge in [-0.15, -0.1) is 0 Å². The summed E-state index contributed by atoms with van der Waals surface area (Å²) in [6.45, 7) is 1.97. The number of carbonyl (C=O) groups excluding carboxylic acids is 4. The number of anilines is 2. The highest BCUT2D eigenvalue weighted by atomic mass is 16.5. The Morgan fingerprint density at radius 3 is 2.26 bits per heavy atom. The molecule has 3 aromatic rings. The largest absolute Gasteiger partial charge is 0.494 e. The van der Waals surface area contributed by atoms with Gasteiger partial charge < -0.3 is 14.8 Å².